The predicted molar refractivity (Wildman–Crippen MR) is 82.5 cm³/mol. The molecule has 3 heteroatoms. The van der Waals surface area contributed by atoms with Crippen molar-refractivity contribution >= 4 is 8.56 Å². The Labute approximate surface area is 120 Å². The van der Waals surface area contributed by atoms with Crippen LogP contribution in [0.1, 0.15) is 66.2 Å². The van der Waals surface area contributed by atoms with E-state index in [0.29, 0.717) is 0 Å². The van der Waals surface area contributed by atoms with E-state index >= 15 is 0 Å². The molecule has 0 saturated heterocycles. The van der Waals surface area contributed by atoms with Crippen molar-refractivity contribution < 1.29 is 8.85 Å². The van der Waals surface area contributed by atoms with Gasteiger partial charge in [-0.2, -0.15) is 0 Å². The molecule has 0 heterocycles. The van der Waals surface area contributed by atoms with Crippen LogP contribution >= 0.6 is 0 Å². The molecule has 2 saturated carbocycles. The zero-order valence-electron chi connectivity index (χ0n) is 13.7. The molecule has 0 radical (unpaired) electrons. The topological polar surface area (TPSA) is 18.5 Å². The summed E-state index contributed by atoms with van der Waals surface area (Å²) >= 11 is 0. The molecule has 4 unspecified atom stereocenters. The lowest BCUT2D eigenvalue weighted by atomic mass is 9.97. The molecular weight excluding hydrogens is 252 g/mol. The van der Waals surface area contributed by atoms with Crippen molar-refractivity contribution in [2.45, 2.75) is 76.3 Å². The van der Waals surface area contributed by atoms with Gasteiger partial charge in [-0.05, 0) is 24.7 Å². The zero-order valence-corrected chi connectivity index (χ0v) is 14.7. The van der Waals surface area contributed by atoms with Crippen LogP contribution in [0.25, 0.3) is 0 Å². The lowest BCUT2D eigenvalue weighted by Crippen LogP contribution is -2.61. The van der Waals surface area contributed by atoms with Crippen LogP contribution in [-0.4, -0.2) is 22.8 Å². The summed E-state index contributed by atoms with van der Waals surface area (Å²) in [5, 5.41) is 0.535. The number of hydrogen-bond acceptors (Lipinski definition) is 2. The first-order valence-corrected chi connectivity index (χ1v) is 9.80. The van der Waals surface area contributed by atoms with E-state index in [9.17, 15) is 0 Å². The summed E-state index contributed by atoms with van der Waals surface area (Å²) in [6, 6.07) is 0. The minimum absolute atomic E-state index is 0.268. The van der Waals surface area contributed by atoms with Crippen LogP contribution in [0, 0.1) is 11.8 Å². The summed E-state index contributed by atoms with van der Waals surface area (Å²) in [6.45, 7) is 9.74. The van der Waals surface area contributed by atoms with Gasteiger partial charge in [0.1, 0.15) is 0 Å². The Hall–Kier alpha value is 0.137. The molecule has 2 aliphatic rings. The largest absolute Gasteiger partial charge is 0.397 e. The van der Waals surface area contributed by atoms with Gasteiger partial charge in [0.15, 0.2) is 0 Å². The first-order chi connectivity index (χ1) is 8.88. The second-order valence-corrected chi connectivity index (χ2v) is 11.8. The van der Waals surface area contributed by atoms with Crippen LogP contribution in [0.4, 0.5) is 0 Å². The minimum atomic E-state index is -2.25. The third-order valence-electron chi connectivity index (χ3n) is 6.92. The number of hydrogen-bond donors (Lipinski definition) is 0. The molecule has 0 aromatic rings. The van der Waals surface area contributed by atoms with Gasteiger partial charge in [0, 0.05) is 24.3 Å². The quantitative estimate of drug-likeness (QED) is 0.685. The maximum Gasteiger partial charge on any atom is 0.350 e. The molecule has 0 aliphatic heterocycles. The van der Waals surface area contributed by atoms with Gasteiger partial charge < -0.3 is 8.85 Å². The summed E-state index contributed by atoms with van der Waals surface area (Å²) in [5.74, 6) is 1.45. The van der Waals surface area contributed by atoms with E-state index in [1.165, 1.54) is 38.5 Å². The maximum absolute atomic E-state index is 6.32. The van der Waals surface area contributed by atoms with Crippen LogP contribution < -0.4 is 0 Å². The highest BCUT2D eigenvalue weighted by atomic mass is 28.4. The van der Waals surface area contributed by atoms with Gasteiger partial charge in [-0.3, -0.25) is 0 Å². The summed E-state index contributed by atoms with van der Waals surface area (Å²) in [7, 11) is 1.59. The van der Waals surface area contributed by atoms with Gasteiger partial charge >= 0.3 is 8.56 Å². The molecule has 4 atom stereocenters. The van der Waals surface area contributed by atoms with Gasteiger partial charge in [-0.25, -0.2) is 0 Å². The molecule has 19 heavy (non-hydrogen) atoms. The fraction of sp³-hybridized carbons (Fsp3) is 1.00. The van der Waals surface area contributed by atoms with E-state index in [1.54, 1.807) is 0 Å². The third-order valence-corrected chi connectivity index (χ3v) is 12.6. The minimum Gasteiger partial charge on any atom is -0.397 e. The second kappa shape index (κ2) is 5.16. The van der Waals surface area contributed by atoms with Gasteiger partial charge in [-0.15, -0.1) is 0 Å². The molecule has 0 aromatic heterocycles. The molecule has 2 rings (SSSR count). The second-order valence-electron chi connectivity index (χ2n) is 7.45. The van der Waals surface area contributed by atoms with Crippen LogP contribution in [0.15, 0.2) is 0 Å². The Kier molecular flexibility index (Phi) is 4.21. The van der Waals surface area contributed by atoms with E-state index in [4.69, 9.17) is 8.85 Å². The monoisotopic (exact) mass is 284 g/mol. The Morgan fingerprint density at radius 3 is 1.42 bits per heavy atom. The lowest BCUT2D eigenvalue weighted by molar-refractivity contribution is 0.146. The van der Waals surface area contributed by atoms with Gasteiger partial charge in [-0.1, -0.05) is 53.4 Å². The van der Waals surface area contributed by atoms with Crippen molar-refractivity contribution in [1.29, 1.82) is 0 Å². The molecule has 0 bridgehead atoms. The van der Waals surface area contributed by atoms with E-state index in [-0.39, 0.29) is 10.1 Å². The third kappa shape index (κ3) is 1.88. The maximum atomic E-state index is 6.32. The average molecular weight is 285 g/mol. The smallest absolute Gasteiger partial charge is 0.350 e. The first kappa shape index (κ1) is 15.5. The van der Waals surface area contributed by atoms with E-state index in [0.717, 1.165) is 11.8 Å². The molecule has 2 aliphatic carbocycles. The lowest BCUT2D eigenvalue weighted by Gasteiger charge is -2.54. The van der Waals surface area contributed by atoms with Crippen molar-refractivity contribution in [2.24, 2.45) is 11.8 Å². The normalized spacial score (nSPS) is 43.9. The van der Waals surface area contributed by atoms with Crippen LogP contribution in [-0.2, 0) is 8.85 Å². The van der Waals surface area contributed by atoms with Crippen molar-refractivity contribution in [1.82, 2.24) is 0 Å². The predicted octanol–water partition coefficient (Wildman–Crippen LogP) is 4.88. The molecule has 0 aromatic carbocycles. The van der Waals surface area contributed by atoms with Crippen LogP contribution in [0.2, 0.25) is 10.1 Å². The first-order valence-electron chi connectivity index (χ1n) is 7.98. The van der Waals surface area contributed by atoms with Crippen molar-refractivity contribution in [3.63, 3.8) is 0 Å². The van der Waals surface area contributed by atoms with Crippen molar-refractivity contribution in [2.75, 3.05) is 14.2 Å². The van der Waals surface area contributed by atoms with Gasteiger partial charge in [0.25, 0.3) is 0 Å². The van der Waals surface area contributed by atoms with Crippen LogP contribution in [0.5, 0.6) is 0 Å². The highest BCUT2D eigenvalue weighted by molar-refractivity contribution is 6.74. The molecule has 112 valence electrons. The molecule has 0 N–H and O–H groups in total. The summed E-state index contributed by atoms with van der Waals surface area (Å²) < 4.78 is 12.6. The molecule has 0 spiro atoms. The standard InChI is InChI=1S/C16H32O2Si/c1-13-9-7-11-15(13,3)19(17-5,18-6)16(4)12-8-10-14(16)2/h13-14H,7-12H2,1-6H3. The SMILES string of the molecule is CO[Si](OC)(C1(C)CCCC1C)C1(C)CCCC1C. The molecular formula is C16H32O2Si. The Morgan fingerprint density at radius 2 is 1.21 bits per heavy atom. The van der Waals surface area contributed by atoms with Gasteiger partial charge in [0.05, 0.1) is 0 Å². The van der Waals surface area contributed by atoms with E-state index in [1.807, 2.05) is 14.2 Å². The summed E-state index contributed by atoms with van der Waals surface area (Å²) in [5.41, 5.74) is 0. The fourth-order valence-corrected chi connectivity index (χ4v) is 11.3. The van der Waals surface area contributed by atoms with Crippen molar-refractivity contribution in [3.05, 3.63) is 0 Å². The highest BCUT2D eigenvalue weighted by Gasteiger charge is 2.69. The Balaban J connectivity index is 2.48. The highest BCUT2D eigenvalue weighted by Crippen LogP contribution is 2.68. The summed E-state index contributed by atoms with van der Waals surface area (Å²) in [6.07, 6.45) is 7.91. The molecule has 2 nitrogen and oxygen atoms in total. The number of rotatable bonds is 4. The van der Waals surface area contributed by atoms with Gasteiger partial charge in [0.2, 0.25) is 0 Å². The molecule has 2 fully saturated rings. The zero-order chi connectivity index (χ0) is 14.3. The van der Waals surface area contributed by atoms with Crippen molar-refractivity contribution in [3.8, 4) is 0 Å². The Bertz CT molecular complexity index is 301. The molecule has 0 amide bonds. The van der Waals surface area contributed by atoms with E-state index in [2.05, 4.69) is 27.7 Å². The van der Waals surface area contributed by atoms with Crippen LogP contribution in [0.3, 0.4) is 0 Å². The fourth-order valence-electron chi connectivity index (χ4n) is 5.33. The van der Waals surface area contributed by atoms with E-state index < -0.39 is 8.56 Å². The summed E-state index contributed by atoms with van der Waals surface area (Å²) in [4.78, 5) is 0. The Morgan fingerprint density at radius 1 is 0.842 bits per heavy atom. The average Bonchev–Trinajstić information content (AvgIpc) is 2.88.